The van der Waals surface area contributed by atoms with Crippen LogP contribution in [-0.4, -0.2) is 25.4 Å². The smallest absolute Gasteiger partial charge is 0.264 e. The Labute approximate surface area is 183 Å². The van der Waals surface area contributed by atoms with E-state index in [4.69, 9.17) is 0 Å². The minimum atomic E-state index is -0.411. The fraction of sp³-hybridized carbons (Fsp3) is 0.174. The topological polar surface area (TPSA) is 89.8 Å². The number of aryl methyl sites for hydroxylation is 1. The average Bonchev–Trinajstić information content (AvgIpc) is 3.28. The SMILES string of the molecule is Cc1ccn(C(C)c2ccccc2)c(=O)c1C(=O)NCc1csc(-c2cnccn2)n1. The Morgan fingerprint density at radius 1 is 1.19 bits per heavy atom. The van der Waals surface area contributed by atoms with Crippen LogP contribution in [-0.2, 0) is 6.54 Å². The molecular formula is C23H21N5O2S. The number of nitrogens with zero attached hydrogens (tertiary/aromatic N) is 4. The van der Waals surface area contributed by atoms with Gasteiger partial charge in [0.25, 0.3) is 11.5 Å². The molecule has 0 aliphatic heterocycles. The lowest BCUT2D eigenvalue weighted by atomic mass is 10.1. The van der Waals surface area contributed by atoms with Crippen LogP contribution in [0.25, 0.3) is 10.7 Å². The van der Waals surface area contributed by atoms with E-state index in [1.165, 1.54) is 11.3 Å². The van der Waals surface area contributed by atoms with E-state index >= 15 is 0 Å². The highest BCUT2D eigenvalue weighted by Crippen LogP contribution is 2.21. The first-order valence-corrected chi connectivity index (χ1v) is 10.7. The van der Waals surface area contributed by atoms with Gasteiger partial charge in [0.2, 0.25) is 0 Å². The molecule has 1 N–H and O–H groups in total. The van der Waals surface area contributed by atoms with Crippen molar-refractivity contribution >= 4 is 17.2 Å². The van der Waals surface area contributed by atoms with Crippen LogP contribution in [0.15, 0.2) is 71.4 Å². The number of hydrogen-bond donors (Lipinski definition) is 1. The van der Waals surface area contributed by atoms with Crippen LogP contribution in [0.2, 0.25) is 0 Å². The molecule has 0 aliphatic carbocycles. The van der Waals surface area contributed by atoms with Crippen molar-refractivity contribution in [3.8, 4) is 10.7 Å². The quantitative estimate of drug-likeness (QED) is 0.504. The Morgan fingerprint density at radius 2 is 2.00 bits per heavy atom. The number of aromatic nitrogens is 4. The summed E-state index contributed by atoms with van der Waals surface area (Å²) in [4.78, 5) is 38.8. The van der Waals surface area contributed by atoms with Gasteiger partial charge in [-0.15, -0.1) is 11.3 Å². The van der Waals surface area contributed by atoms with Gasteiger partial charge in [0.1, 0.15) is 16.3 Å². The van der Waals surface area contributed by atoms with Crippen molar-refractivity contribution in [3.05, 3.63) is 99.3 Å². The van der Waals surface area contributed by atoms with E-state index in [0.717, 1.165) is 10.6 Å². The molecule has 0 saturated carbocycles. The lowest BCUT2D eigenvalue weighted by Gasteiger charge is -2.17. The van der Waals surface area contributed by atoms with Crippen LogP contribution >= 0.6 is 11.3 Å². The summed E-state index contributed by atoms with van der Waals surface area (Å²) in [5.41, 5.74) is 2.85. The Balaban J connectivity index is 1.53. The molecule has 1 atom stereocenters. The summed E-state index contributed by atoms with van der Waals surface area (Å²) in [5.74, 6) is -0.411. The van der Waals surface area contributed by atoms with E-state index in [1.54, 1.807) is 42.3 Å². The van der Waals surface area contributed by atoms with Crippen molar-refractivity contribution in [1.29, 1.82) is 0 Å². The van der Waals surface area contributed by atoms with Gasteiger partial charge in [-0.25, -0.2) is 4.98 Å². The van der Waals surface area contributed by atoms with Gasteiger partial charge in [-0.3, -0.25) is 19.6 Å². The van der Waals surface area contributed by atoms with Gasteiger partial charge in [-0.2, -0.15) is 0 Å². The molecule has 156 valence electrons. The highest BCUT2D eigenvalue weighted by Gasteiger charge is 2.19. The molecule has 0 spiro atoms. The summed E-state index contributed by atoms with van der Waals surface area (Å²) in [6.45, 7) is 3.93. The number of hydrogen-bond acceptors (Lipinski definition) is 6. The molecule has 0 saturated heterocycles. The molecule has 31 heavy (non-hydrogen) atoms. The summed E-state index contributed by atoms with van der Waals surface area (Å²) >= 11 is 1.43. The van der Waals surface area contributed by atoms with Gasteiger partial charge in [-0.1, -0.05) is 30.3 Å². The number of rotatable bonds is 6. The Bertz CT molecular complexity index is 1250. The number of carbonyl (C=O) groups excluding carboxylic acids is 1. The van der Waals surface area contributed by atoms with Crippen molar-refractivity contribution < 1.29 is 4.79 Å². The van der Waals surface area contributed by atoms with Crippen LogP contribution in [0.1, 0.15) is 40.1 Å². The minimum absolute atomic E-state index is 0.148. The normalized spacial score (nSPS) is 11.8. The number of pyridine rings is 1. The number of thiazole rings is 1. The molecule has 1 amide bonds. The van der Waals surface area contributed by atoms with Crippen LogP contribution in [0, 0.1) is 6.92 Å². The highest BCUT2D eigenvalue weighted by atomic mass is 32.1. The van der Waals surface area contributed by atoms with Gasteiger partial charge in [0.05, 0.1) is 24.5 Å². The van der Waals surface area contributed by atoms with Crippen LogP contribution in [0.3, 0.4) is 0 Å². The Morgan fingerprint density at radius 3 is 2.74 bits per heavy atom. The first-order chi connectivity index (χ1) is 15.0. The Hall–Kier alpha value is -3.65. The third kappa shape index (κ3) is 4.44. The summed E-state index contributed by atoms with van der Waals surface area (Å²) in [5, 5.41) is 5.41. The lowest BCUT2D eigenvalue weighted by Crippen LogP contribution is -2.35. The summed E-state index contributed by atoms with van der Waals surface area (Å²) in [6.07, 6.45) is 6.59. The van der Waals surface area contributed by atoms with Gasteiger partial charge < -0.3 is 9.88 Å². The van der Waals surface area contributed by atoms with E-state index in [9.17, 15) is 9.59 Å². The highest BCUT2D eigenvalue weighted by molar-refractivity contribution is 7.13. The van der Waals surface area contributed by atoms with Crippen molar-refractivity contribution in [2.24, 2.45) is 0 Å². The van der Waals surface area contributed by atoms with Gasteiger partial charge in [0.15, 0.2) is 0 Å². The molecular weight excluding hydrogens is 410 g/mol. The number of nitrogens with one attached hydrogen (secondary N) is 1. The van der Waals surface area contributed by atoms with Gasteiger partial charge in [0, 0.05) is 24.0 Å². The predicted octanol–water partition coefficient (Wildman–Crippen LogP) is 3.61. The number of carbonyl (C=O) groups is 1. The Kier molecular flexibility index (Phi) is 5.99. The largest absolute Gasteiger partial charge is 0.346 e. The van der Waals surface area contributed by atoms with Crippen molar-refractivity contribution in [2.75, 3.05) is 0 Å². The summed E-state index contributed by atoms with van der Waals surface area (Å²) in [6, 6.07) is 11.3. The maximum atomic E-state index is 13.1. The fourth-order valence-electron chi connectivity index (χ4n) is 3.29. The second-order valence-electron chi connectivity index (χ2n) is 7.09. The summed E-state index contributed by atoms with van der Waals surface area (Å²) in [7, 11) is 0. The molecule has 0 fully saturated rings. The van der Waals surface area contributed by atoms with Crippen LogP contribution < -0.4 is 10.9 Å². The molecule has 4 rings (SSSR count). The van der Waals surface area contributed by atoms with Crippen molar-refractivity contribution in [1.82, 2.24) is 24.8 Å². The molecule has 4 aromatic rings. The zero-order chi connectivity index (χ0) is 21.8. The van der Waals surface area contributed by atoms with Gasteiger partial charge in [-0.05, 0) is 31.0 Å². The van der Waals surface area contributed by atoms with E-state index in [2.05, 4.69) is 20.3 Å². The first-order valence-electron chi connectivity index (χ1n) is 9.80. The number of amides is 1. The molecule has 8 heteroatoms. The van der Waals surface area contributed by atoms with Crippen molar-refractivity contribution in [2.45, 2.75) is 26.4 Å². The zero-order valence-corrected chi connectivity index (χ0v) is 18.0. The fourth-order valence-corrected chi connectivity index (χ4v) is 4.07. The molecule has 1 unspecified atom stereocenters. The van der Waals surface area contributed by atoms with E-state index in [-0.39, 0.29) is 23.7 Å². The van der Waals surface area contributed by atoms with E-state index in [0.29, 0.717) is 17.0 Å². The third-order valence-corrected chi connectivity index (χ3v) is 5.93. The standard InChI is InChI=1S/C23H21N5O2S/c1-15-8-11-28(16(2)17-6-4-3-5-7-17)23(30)20(15)21(29)26-12-18-14-31-22(27-18)19-13-24-9-10-25-19/h3-11,13-14,16H,12H2,1-2H3,(H,26,29). The predicted molar refractivity (Wildman–Crippen MR) is 120 cm³/mol. The molecule has 0 bridgehead atoms. The van der Waals surface area contributed by atoms with Crippen LogP contribution in [0.5, 0.6) is 0 Å². The monoisotopic (exact) mass is 431 g/mol. The second kappa shape index (κ2) is 9.01. The lowest BCUT2D eigenvalue weighted by molar-refractivity contribution is 0.0947. The van der Waals surface area contributed by atoms with Crippen LogP contribution in [0.4, 0.5) is 0 Å². The second-order valence-corrected chi connectivity index (χ2v) is 7.95. The maximum Gasteiger partial charge on any atom is 0.264 e. The molecule has 1 aromatic carbocycles. The zero-order valence-electron chi connectivity index (χ0n) is 17.1. The average molecular weight is 432 g/mol. The molecule has 7 nitrogen and oxygen atoms in total. The van der Waals surface area contributed by atoms with Crippen molar-refractivity contribution in [3.63, 3.8) is 0 Å². The van der Waals surface area contributed by atoms with Gasteiger partial charge >= 0.3 is 0 Å². The molecule has 0 aliphatic rings. The molecule has 3 aromatic heterocycles. The third-order valence-electron chi connectivity index (χ3n) is 5.02. The minimum Gasteiger partial charge on any atom is -0.346 e. The molecule has 3 heterocycles. The maximum absolute atomic E-state index is 13.1. The van der Waals surface area contributed by atoms with E-state index < -0.39 is 5.91 Å². The first kappa shape index (κ1) is 20.6. The number of benzene rings is 1. The molecule has 0 radical (unpaired) electrons. The van der Waals surface area contributed by atoms with E-state index in [1.807, 2.05) is 42.6 Å². The summed E-state index contributed by atoms with van der Waals surface area (Å²) < 4.78 is 1.59.